The van der Waals surface area contributed by atoms with E-state index in [1.54, 1.807) is 29.0 Å². The molecule has 0 aliphatic carbocycles. The second kappa shape index (κ2) is 13.8. The third kappa shape index (κ3) is 8.65. The highest BCUT2D eigenvalue weighted by Crippen LogP contribution is 2.18. The second-order valence-electron chi connectivity index (χ2n) is 8.39. The van der Waals surface area contributed by atoms with Crippen LogP contribution in [0.4, 0.5) is 4.39 Å². The van der Waals surface area contributed by atoms with E-state index in [1.165, 1.54) is 12.1 Å². The Hall–Kier alpha value is -2.67. The summed E-state index contributed by atoms with van der Waals surface area (Å²) in [7, 11) is 1.58. The Morgan fingerprint density at radius 2 is 1.79 bits per heavy atom. The van der Waals surface area contributed by atoms with Crippen LogP contribution < -0.4 is 0 Å². The summed E-state index contributed by atoms with van der Waals surface area (Å²) in [5, 5.41) is 0. The van der Waals surface area contributed by atoms with Crippen molar-refractivity contribution in [3.05, 3.63) is 59.3 Å². The first-order valence-corrected chi connectivity index (χ1v) is 11.7. The van der Waals surface area contributed by atoms with Gasteiger partial charge in [0.2, 0.25) is 11.8 Å². The molecule has 33 heavy (non-hydrogen) atoms. The number of carbonyl (C=O) groups excluding carboxylic acids is 2. The van der Waals surface area contributed by atoms with Gasteiger partial charge in [0.25, 0.3) is 0 Å². The molecular formula is C26H37FN2O4. The number of hydrogen-bond acceptors (Lipinski definition) is 4. The highest BCUT2D eigenvalue weighted by Gasteiger charge is 2.26. The zero-order chi connectivity index (χ0) is 24.2. The van der Waals surface area contributed by atoms with Gasteiger partial charge in [0.15, 0.2) is 0 Å². The Morgan fingerprint density at radius 3 is 2.36 bits per heavy atom. The van der Waals surface area contributed by atoms with Crippen LogP contribution in [-0.2, 0) is 27.4 Å². The standard InChI is InChI=1S/C26H37FN2O4/c1-5-7-8-22(6-2)26(31)28(15-16-32-4)19-25(30)29(18-24-14-9-20(3)33-24)17-21-10-12-23(27)13-11-21/h9-14,22H,5-8,15-19H2,1-4H3. The molecule has 2 rings (SSSR count). The molecule has 0 bridgehead atoms. The molecule has 6 nitrogen and oxygen atoms in total. The highest BCUT2D eigenvalue weighted by molar-refractivity contribution is 5.86. The predicted octanol–water partition coefficient (Wildman–Crippen LogP) is 4.95. The highest BCUT2D eigenvalue weighted by atomic mass is 19.1. The number of furan rings is 1. The lowest BCUT2D eigenvalue weighted by Gasteiger charge is -2.29. The molecule has 1 atom stereocenters. The molecule has 0 fully saturated rings. The lowest BCUT2D eigenvalue weighted by Crippen LogP contribution is -2.45. The number of carbonyl (C=O) groups is 2. The van der Waals surface area contributed by atoms with Crippen molar-refractivity contribution < 1.29 is 23.1 Å². The molecule has 1 aromatic heterocycles. The molecule has 2 amide bonds. The van der Waals surface area contributed by atoms with Crippen LogP contribution >= 0.6 is 0 Å². The second-order valence-corrected chi connectivity index (χ2v) is 8.39. The van der Waals surface area contributed by atoms with E-state index in [4.69, 9.17) is 9.15 Å². The van der Waals surface area contributed by atoms with Gasteiger partial charge in [-0.2, -0.15) is 0 Å². The minimum atomic E-state index is -0.327. The number of benzene rings is 1. The molecule has 1 aromatic carbocycles. The minimum Gasteiger partial charge on any atom is -0.464 e. The van der Waals surface area contributed by atoms with Gasteiger partial charge in [-0.25, -0.2) is 4.39 Å². The number of methoxy groups -OCH3 is 1. The SMILES string of the molecule is CCCCC(CC)C(=O)N(CCOC)CC(=O)N(Cc1ccc(F)cc1)Cc1ccc(C)o1. The van der Waals surface area contributed by atoms with E-state index in [0.717, 1.165) is 37.0 Å². The van der Waals surface area contributed by atoms with Crippen molar-refractivity contribution in [2.24, 2.45) is 5.92 Å². The van der Waals surface area contributed by atoms with E-state index in [2.05, 4.69) is 6.92 Å². The molecule has 0 aliphatic rings. The minimum absolute atomic E-state index is 0.00748. The predicted molar refractivity (Wildman–Crippen MR) is 126 cm³/mol. The van der Waals surface area contributed by atoms with Gasteiger partial charge in [-0.1, -0.05) is 38.8 Å². The fraction of sp³-hybridized carbons (Fsp3) is 0.538. The number of ether oxygens (including phenoxy) is 1. The fourth-order valence-electron chi connectivity index (χ4n) is 3.74. The van der Waals surface area contributed by atoms with Crippen molar-refractivity contribution in [3.8, 4) is 0 Å². The summed E-state index contributed by atoms with van der Waals surface area (Å²) < 4.78 is 24.2. The molecule has 7 heteroatoms. The molecule has 0 radical (unpaired) electrons. The molecular weight excluding hydrogens is 423 g/mol. The Balaban J connectivity index is 2.20. The summed E-state index contributed by atoms with van der Waals surface area (Å²) in [6, 6.07) is 9.77. The van der Waals surface area contributed by atoms with E-state index < -0.39 is 0 Å². The van der Waals surface area contributed by atoms with Crippen LogP contribution in [-0.4, -0.2) is 48.4 Å². The summed E-state index contributed by atoms with van der Waals surface area (Å²) in [4.78, 5) is 29.9. The molecule has 182 valence electrons. The normalized spacial score (nSPS) is 11.9. The van der Waals surface area contributed by atoms with Gasteiger partial charge in [0.05, 0.1) is 19.7 Å². The number of amides is 2. The Kier molecular flexibility index (Phi) is 11.1. The van der Waals surface area contributed by atoms with Crippen LogP contribution in [0.3, 0.4) is 0 Å². The molecule has 1 unspecified atom stereocenters. The summed E-state index contributed by atoms with van der Waals surface area (Å²) in [5.74, 6) is 0.792. The molecule has 0 N–H and O–H groups in total. The number of aryl methyl sites for hydroxylation is 1. The number of hydrogen-bond donors (Lipinski definition) is 0. The van der Waals surface area contributed by atoms with Gasteiger partial charge in [-0.05, 0) is 49.6 Å². The Bertz CT molecular complexity index is 865. The van der Waals surface area contributed by atoms with E-state index in [9.17, 15) is 14.0 Å². The zero-order valence-electron chi connectivity index (χ0n) is 20.3. The van der Waals surface area contributed by atoms with Crippen molar-refractivity contribution >= 4 is 11.8 Å². The average molecular weight is 461 g/mol. The summed E-state index contributed by atoms with van der Waals surface area (Å²) >= 11 is 0. The first-order valence-electron chi connectivity index (χ1n) is 11.7. The molecule has 1 heterocycles. The smallest absolute Gasteiger partial charge is 0.242 e. The zero-order valence-corrected chi connectivity index (χ0v) is 20.3. The third-order valence-electron chi connectivity index (χ3n) is 5.73. The van der Waals surface area contributed by atoms with Crippen LogP contribution in [0.25, 0.3) is 0 Å². The fourth-order valence-corrected chi connectivity index (χ4v) is 3.74. The maximum atomic E-state index is 13.4. The van der Waals surface area contributed by atoms with Gasteiger partial charge in [0.1, 0.15) is 17.3 Å². The molecule has 0 spiro atoms. The van der Waals surface area contributed by atoms with Crippen LogP contribution in [0.5, 0.6) is 0 Å². The lowest BCUT2D eigenvalue weighted by molar-refractivity contribution is -0.144. The van der Waals surface area contributed by atoms with Gasteiger partial charge in [0, 0.05) is 26.1 Å². The van der Waals surface area contributed by atoms with Crippen LogP contribution in [0, 0.1) is 18.7 Å². The summed E-state index contributed by atoms with van der Waals surface area (Å²) in [6.45, 7) is 7.20. The number of halogens is 1. The number of rotatable bonds is 14. The number of unbranched alkanes of at least 4 members (excludes halogenated alkanes) is 1. The molecule has 0 saturated heterocycles. The van der Waals surface area contributed by atoms with Crippen molar-refractivity contribution in [3.63, 3.8) is 0 Å². The quantitative estimate of drug-likeness (QED) is 0.400. The monoisotopic (exact) mass is 460 g/mol. The topological polar surface area (TPSA) is 63.0 Å². The van der Waals surface area contributed by atoms with Gasteiger partial charge in [-0.15, -0.1) is 0 Å². The van der Waals surface area contributed by atoms with E-state index in [1.807, 2.05) is 26.0 Å². The Labute approximate surface area is 196 Å². The van der Waals surface area contributed by atoms with Crippen molar-refractivity contribution in [2.75, 3.05) is 26.8 Å². The largest absolute Gasteiger partial charge is 0.464 e. The lowest BCUT2D eigenvalue weighted by atomic mass is 9.97. The Morgan fingerprint density at radius 1 is 1.06 bits per heavy atom. The van der Waals surface area contributed by atoms with Crippen LogP contribution in [0.2, 0.25) is 0 Å². The van der Waals surface area contributed by atoms with E-state index in [0.29, 0.717) is 18.9 Å². The molecule has 0 aliphatic heterocycles. The van der Waals surface area contributed by atoms with Crippen LogP contribution in [0.1, 0.15) is 56.6 Å². The maximum absolute atomic E-state index is 13.4. The number of nitrogens with zero attached hydrogens (tertiary/aromatic N) is 2. The van der Waals surface area contributed by atoms with Gasteiger partial charge >= 0.3 is 0 Å². The van der Waals surface area contributed by atoms with E-state index >= 15 is 0 Å². The average Bonchev–Trinajstić information content (AvgIpc) is 3.22. The first-order chi connectivity index (χ1) is 15.9. The summed E-state index contributed by atoms with van der Waals surface area (Å²) in [6.07, 6.45) is 3.55. The maximum Gasteiger partial charge on any atom is 0.242 e. The van der Waals surface area contributed by atoms with Crippen molar-refractivity contribution in [1.29, 1.82) is 0 Å². The first kappa shape index (κ1) is 26.6. The van der Waals surface area contributed by atoms with Crippen molar-refractivity contribution in [1.82, 2.24) is 9.80 Å². The molecule has 0 saturated carbocycles. The van der Waals surface area contributed by atoms with Crippen LogP contribution in [0.15, 0.2) is 40.8 Å². The van der Waals surface area contributed by atoms with E-state index in [-0.39, 0.29) is 43.2 Å². The van der Waals surface area contributed by atoms with Crippen molar-refractivity contribution in [2.45, 2.75) is 59.5 Å². The third-order valence-corrected chi connectivity index (χ3v) is 5.73. The van der Waals surface area contributed by atoms with Gasteiger partial charge in [-0.3, -0.25) is 9.59 Å². The molecule has 2 aromatic rings. The van der Waals surface area contributed by atoms with Gasteiger partial charge < -0.3 is 19.0 Å². The summed E-state index contributed by atoms with van der Waals surface area (Å²) in [5.41, 5.74) is 0.803.